The number of nitrogen functional groups attached to an aromatic ring is 1. The second-order valence-electron chi connectivity index (χ2n) is 12.2. The van der Waals surface area contributed by atoms with Crippen molar-refractivity contribution in [2.75, 3.05) is 56.9 Å². The van der Waals surface area contributed by atoms with E-state index in [0.717, 1.165) is 29.8 Å². The van der Waals surface area contributed by atoms with Crippen LogP contribution in [0.15, 0.2) is 73.1 Å². The van der Waals surface area contributed by atoms with E-state index in [1.165, 1.54) is 11.6 Å². The molecule has 1 atom stereocenters. The molecule has 2 aliphatic heterocycles. The smallest absolute Gasteiger partial charge is 0.398 e. The zero-order chi connectivity index (χ0) is 35.3. The van der Waals surface area contributed by atoms with Crippen LogP contribution in [0.25, 0.3) is 11.3 Å². The molecule has 0 saturated carbocycles. The number of hydrogen-bond donors (Lipinski definition) is 4. The molecule has 49 heavy (non-hydrogen) atoms. The maximum Gasteiger partial charge on any atom is 0.433 e. The number of likely N-dealkylation sites (tertiary alicyclic amines) is 1. The average molecular weight is 675 g/mol. The quantitative estimate of drug-likeness (QED) is 0.182. The van der Waals surface area contributed by atoms with Crippen molar-refractivity contribution < 1.29 is 22.8 Å². The molecule has 1 aromatic heterocycles. The predicted molar refractivity (Wildman–Crippen MR) is 185 cm³/mol. The third kappa shape index (κ3) is 8.11. The number of aromatic nitrogens is 1. The zero-order valence-electron chi connectivity index (χ0n) is 27.6. The predicted octanol–water partition coefficient (Wildman–Crippen LogP) is 4.57. The molecule has 0 radical (unpaired) electrons. The van der Waals surface area contributed by atoms with E-state index in [0.29, 0.717) is 50.5 Å². The highest BCUT2D eigenvalue weighted by molar-refractivity contribution is 6.14. The van der Waals surface area contributed by atoms with Crippen LogP contribution in [0.4, 0.5) is 24.5 Å². The lowest BCUT2D eigenvalue weighted by molar-refractivity contribution is -0.141. The summed E-state index contributed by atoms with van der Waals surface area (Å²) in [6, 6.07) is 15.0. The van der Waals surface area contributed by atoms with Crippen LogP contribution in [0.3, 0.4) is 0 Å². The van der Waals surface area contributed by atoms with Gasteiger partial charge in [-0.25, -0.2) is 0 Å². The first-order chi connectivity index (χ1) is 23.4. The summed E-state index contributed by atoms with van der Waals surface area (Å²) in [6.07, 6.45) is 1.51. The number of alkyl halides is 3. The molecule has 6 N–H and O–H groups in total. The number of carbonyl (C=O) groups excluding carboxylic acids is 2. The van der Waals surface area contributed by atoms with E-state index in [4.69, 9.17) is 16.9 Å². The van der Waals surface area contributed by atoms with Gasteiger partial charge < -0.3 is 26.6 Å². The molecule has 1 saturated heterocycles. The summed E-state index contributed by atoms with van der Waals surface area (Å²) < 4.78 is 39.7. The molecule has 0 bridgehead atoms. The van der Waals surface area contributed by atoms with Gasteiger partial charge in [-0.1, -0.05) is 30.3 Å². The fraction of sp³-hybridized carbons (Fsp3) is 0.333. The normalized spacial score (nSPS) is 17.1. The van der Waals surface area contributed by atoms with Crippen molar-refractivity contribution in [3.63, 3.8) is 0 Å². The molecule has 1 fully saturated rings. The number of halogens is 3. The fourth-order valence-corrected chi connectivity index (χ4v) is 6.25. The van der Waals surface area contributed by atoms with Gasteiger partial charge in [-0.05, 0) is 73.3 Å². The summed E-state index contributed by atoms with van der Waals surface area (Å²) in [6.45, 7) is 4.55. The van der Waals surface area contributed by atoms with Gasteiger partial charge in [0.15, 0.2) is 0 Å². The van der Waals surface area contributed by atoms with Crippen LogP contribution in [0.2, 0.25) is 0 Å². The summed E-state index contributed by atoms with van der Waals surface area (Å²) in [5.41, 5.74) is 15.7. The molecule has 2 aliphatic rings. The van der Waals surface area contributed by atoms with E-state index in [2.05, 4.69) is 16.4 Å². The number of hydrogen-bond acceptors (Lipinski definition) is 8. The highest BCUT2D eigenvalue weighted by atomic mass is 19.4. The summed E-state index contributed by atoms with van der Waals surface area (Å²) in [7, 11) is 1.80. The number of nitrogens with two attached hydrogens (primary N) is 2. The van der Waals surface area contributed by atoms with Crippen molar-refractivity contribution in [3.05, 3.63) is 101 Å². The lowest BCUT2D eigenvalue weighted by Crippen LogP contribution is -2.42. The molecular formula is C36H41F3N8O2. The van der Waals surface area contributed by atoms with E-state index in [1.807, 2.05) is 41.0 Å². The first-order valence-corrected chi connectivity index (χ1v) is 16.2. The Morgan fingerprint density at radius 3 is 2.51 bits per heavy atom. The number of rotatable bonds is 10. The fourth-order valence-electron chi connectivity index (χ4n) is 6.25. The Balaban J connectivity index is 1.19. The molecule has 3 heterocycles. The van der Waals surface area contributed by atoms with E-state index in [-0.39, 0.29) is 46.8 Å². The van der Waals surface area contributed by atoms with Crippen molar-refractivity contribution >= 4 is 40.2 Å². The largest absolute Gasteiger partial charge is 0.433 e. The molecule has 13 heteroatoms. The van der Waals surface area contributed by atoms with Gasteiger partial charge in [-0.2, -0.15) is 13.2 Å². The first-order valence-electron chi connectivity index (χ1n) is 16.2. The van der Waals surface area contributed by atoms with Gasteiger partial charge in [0, 0.05) is 68.1 Å². The molecule has 3 aromatic rings. The van der Waals surface area contributed by atoms with Crippen LogP contribution in [0.5, 0.6) is 0 Å². The molecule has 258 valence electrons. The standard InChI is InChI=1S/C36H41F3N8O2/c1-3-47(28-8-9-30(40)29(19-28)34(42)26-10-14-44-32(18-26)36(37,38)39)35(49)27-11-15-45(21-27)22-33(48)46-16-12-24(13-17-46)23-4-6-25(7-5-23)31(41)20-43-2/h4-10,12,14,18-20,27,42-43H,3,11,13,15-17,21-22,40-41H2,1-2H3/b31-20-,42-34?. The van der Waals surface area contributed by atoms with Crippen LogP contribution in [-0.4, -0.2) is 78.6 Å². The van der Waals surface area contributed by atoms with Gasteiger partial charge >= 0.3 is 6.18 Å². The number of benzene rings is 2. The van der Waals surface area contributed by atoms with Crippen LogP contribution in [-0.2, 0) is 15.8 Å². The van der Waals surface area contributed by atoms with Gasteiger partial charge in [0.25, 0.3) is 0 Å². The number of anilines is 2. The van der Waals surface area contributed by atoms with Crippen molar-refractivity contribution in [1.29, 1.82) is 5.41 Å². The van der Waals surface area contributed by atoms with E-state index < -0.39 is 11.9 Å². The molecule has 0 aliphatic carbocycles. The molecular weight excluding hydrogens is 633 g/mol. The highest BCUT2D eigenvalue weighted by Crippen LogP contribution is 2.31. The highest BCUT2D eigenvalue weighted by Gasteiger charge is 2.34. The Bertz CT molecular complexity index is 1770. The lowest BCUT2D eigenvalue weighted by atomic mass is 9.98. The summed E-state index contributed by atoms with van der Waals surface area (Å²) >= 11 is 0. The van der Waals surface area contributed by atoms with Gasteiger partial charge in [-0.3, -0.25) is 24.9 Å². The Labute approximate surface area is 283 Å². The summed E-state index contributed by atoms with van der Waals surface area (Å²) in [5, 5.41) is 11.5. The average Bonchev–Trinajstić information content (AvgIpc) is 3.57. The SMILES string of the molecule is CCN(C(=O)C1CCN(CC(=O)N2CC=C(c3ccc(/C(N)=C/NC)cc3)CC2)C1)c1ccc(N)c(C(=N)c2ccnc(C(F)(F)F)c2)c1. The topological polar surface area (TPSA) is 145 Å². The number of pyridine rings is 1. The van der Waals surface area contributed by atoms with E-state index in [9.17, 15) is 22.8 Å². The maximum atomic E-state index is 13.7. The maximum absolute atomic E-state index is 13.7. The van der Waals surface area contributed by atoms with Crippen molar-refractivity contribution in [3.8, 4) is 0 Å². The number of nitrogens with zero attached hydrogens (tertiary/aromatic N) is 4. The molecule has 10 nitrogen and oxygen atoms in total. The van der Waals surface area contributed by atoms with Crippen LogP contribution >= 0.6 is 0 Å². The first kappa shape index (κ1) is 35.1. The molecule has 0 spiro atoms. The Hall–Kier alpha value is -5.17. The zero-order valence-corrected chi connectivity index (χ0v) is 27.6. The van der Waals surface area contributed by atoms with Gasteiger partial charge in [0.2, 0.25) is 11.8 Å². The summed E-state index contributed by atoms with van der Waals surface area (Å²) in [5.74, 6) is -0.444. The number of nitrogens with one attached hydrogen (secondary N) is 2. The molecule has 5 rings (SSSR count). The molecule has 1 unspecified atom stereocenters. The second-order valence-corrected chi connectivity index (χ2v) is 12.2. The van der Waals surface area contributed by atoms with Gasteiger partial charge in [-0.15, -0.1) is 0 Å². The Morgan fingerprint density at radius 1 is 1.10 bits per heavy atom. The third-order valence-corrected chi connectivity index (χ3v) is 8.97. The monoisotopic (exact) mass is 674 g/mol. The molecule has 2 amide bonds. The van der Waals surface area contributed by atoms with Crippen LogP contribution in [0, 0.1) is 11.3 Å². The lowest BCUT2D eigenvalue weighted by Gasteiger charge is -2.29. The molecule has 2 aromatic carbocycles. The summed E-state index contributed by atoms with van der Waals surface area (Å²) in [4.78, 5) is 35.8. The van der Waals surface area contributed by atoms with Crippen LogP contribution < -0.4 is 21.7 Å². The van der Waals surface area contributed by atoms with Gasteiger partial charge in [0.05, 0.1) is 23.9 Å². The van der Waals surface area contributed by atoms with E-state index >= 15 is 0 Å². The number of carbonyl (C=O) groups is 2. The van der Waals surface area contributed by atoms with Crippen molar-refractivity contribution in [1.82, 2.24) is 20.1 Å². The second kappa shape index (κ2) is 14.9. The Morgan fingerprint density at radius 2 is 1.86 bits per heavy atom. The minimum atomic E-state index is -4.66. The minimum absolute atomic E-state index is 0.00904. The van der Waals surface area contributed by atoms with Gasteiger partial charge in [0.1, 0.15) is 5.69 Å². The number of amides is 2. The van der Waals surface area contributed by atoms with Crippen molar-refractivity contribution in [2.24, 2.45) is 11.7 Å². The van der Waals surface area contributed by atoms with E-state index in [1.54, 1.807) is 36.3 Å². The van der Waals surface area contributed by atoms with Crippen molar-refractivity contribution in [2.45, 2.75) is 25.9 Å². The minimum Gasteiger partial charge on any atom is -0.398 e. The third-order valence-electron chi connectivity index (χ3n) is 8.97. The van der Waals surface area contributed by atoms with Crippen LogP contribution in [0.1, 0.15) is 47.7 Å². The Kier molecular flexibility index (Phi) is 10.7.